The number of halogens is 1. The van der Waals surface area contributed by atoms with Crippen LogP contribution < -0.4 is 5.32 Å². The number of guanidine groups is 1. The molecule has 1 N–H and O–H groups in total. The normalized spacial score (nSPS) is 15.3. The van der Waals surface area contributed by atoms with Gasteiger partial charge in [0, 0.05) is 18.8 Å². The van der Waals surface area contributed by atoms with Gasteiger partial charge in [0.15, 0.2) is 0 Å². The molecule has 0 aliphatic carbocycles. The van der Waals surface area contributed by atoms with Gasteiger partial charge in [0.25, 0.3) is 0 Å². The molecular weight excluding hydrogens is 265 g/mol. The smallest absolute Gasteiger partial charge is 0.203 e. The van der Waals surface area contributed by atoms with Gasteiger partial charge in [-0.05, 0) is 43.2 Å². The van der Waals surface area contributed by atoms with Crippen molar-refractivity contribution in [2.24, 2.45) is 4.99 Å². The van der Waals surface area contributed by atoms with Crippen molar-refractivity contribution < 1.29 is 4.39 Å². The Balaban J connectivity index is 1.87. The van der Waals surface area contributed by atoms with Gasteiger partial charge in [-0.3, -0.25) is 0 Å². The maximum Gasteiger partial charge on any atom is 0.203 e. The molecule has 1 fully saturated rings. The lowest BCUT2D eigenvalue weighted by molar-refractivity contribution is 0.518. The fourth-order valence-corrected chi connectivity index (χ4v) is 2.43. The van der Waals surface area contributed by atoms with E-state index in [2.05, 4.69) is 15.2 Å². The highest BCUT2D eigenvalue weighted by atomic mass is 19.1. The van der Waals surface area contributed by atoms with Crippen LogP contribution in [-0.2, 0) is 0 Å². The van der Waals surface area contributed by atoms with E-state index in [9.17, 15) is 4.39 Å². The molecule has 0 amide bonds. The number of nitrogens with zero attached hydrogens (tertiary/aromatic N) is 2. The number of hydrogen-bond donors (Lipinski definition) is 1. The predicted octanol–water partition coefficient (Wildman–Crippen LogP) is 4.02. The fourth-order valence-electron chi connectivity index (χ4n) is 2.43. The summed E-state index contributed by atoms with van der Waals surface area (Å²) in [7, 11) is 0. The van der Waals surface area contributed by atoms with Crippen molar-refractivity contribution in [2.45, 2.75) is 12.8 Å². The standard InChI is InChI=1S/C17H18FN3/c18-14-7-6-10-16(13-14)20-17(21-11-4-5-12-21)19-15-8-2-1-3-9-15/h1-3,6-10,13H,4-5,11-12H2,(H,19,20). The summed E-state index contributed by atoms with van der Waals surface area (Å²) in [4.78, 5) is 6.88. The number of anilines is 1. The molecular formula is C17H18FN3. The van der Waals surface area contributed by atoms with Gasteiger partial charge in [-0.25, -0.2) is 9.38 Å². The average molecular weight is 283 g/mol. The Morgan fingerprint density at radius 2 is 1.76 bits per heavy atom. The van der Waals surface area contributed by atoms with E-state index in [4.69, 9.17) is 0 Å². The molecule has 21 heavy (non-hydrogen) atoms. The summed E-state index contributed by atoms with van der Waals surface area (Å²) in [6.45, 7) is 1.96. The summed E-state index contributed by atoms with van der Waals surface area (Å²) in [5, 5.41) is 3.25. The summed E-state index contributed by atoms with van der Waals surface area (Å²) in [5.41, 5.74) is 1.61. The Kier molecular flexibility index (Phi) is 4.15. The van der Waals surface area contributed by atoms with Crippen molar-refractivity contribution in [3.8, 4) is 0 Å². The maximum absolute atomic E-state index is 13.3. The van der Waals surface area contributed by atoms with Crippen LogP contribution in [0.15, 0.2) is 59.6 Å². The fraction of sp³-hybridized carbons (Fsp3) is 0.235. The number of likely N-dealkylation sites (tertiary alicyclic amines) is 1. The molecule has 1 heterocycles. The van der Waals surface area contributed by atoms with Crippen molar-refractivity contribution in [1.82, 2.24) is 4.90 Å². The topological polar surface area (TPSA) is 27.6 Å². The Labute approximate surface area is 124 Å². The molecule has 1 saturated heterocycles. The molecule has 1 aliphatic rings. The summed E-state index contributed by atoms with van der Waals surface area (Å²) in [5.74, 6) is 0.532. The van der Waals surface area contributed by atoms with Crippen molar-refractivity contribution in [3.05, 3.63) is 60.4 Å². The number of aliphatic imine (C=N–C) groups is 1. The van der Waals surface area contributed by atoms with Crippen molar-refractivity contribution in [1.29, 1.82) is 0 Å². The van der Waals surface area contributed by atoms with Gasteiger partial charge in [-0.15, -0.1) is 0 Å². The van der Waals surface area contributed by atoms with Gasteiger partial charge in [-0.1, -0.05) is 24.3 Å². The monoisotopic (exact) mass is 283 g/mol. The van der Waals surface area contributed by atoms with Crippen LogP contribution in [-0.4, -0.2) is 23.9 Å². The van der Waals surface area contributed by atoms with Crippen LogP contribution in [0.4, 0.5) is 15.8 Å². The predicted molar refractivity (Wildman–Crippen MR) is 84.4 cm³/mol. The van der Waals surface area contributed by atoms with E-state index in [-0.39, 0.29) is 5.82 Å². The summed E-state index contributed by atoms with van der Waals surface area (Å²) >= 11 is 0. The Morgan fingerprint density at radius 1 is 1.00 bits per heavy atom. The van der Waals surface area contributed by atoms with Gasteiger partial charge >= 0.3 is 0 Å². The second-order valence-corrected chi connectivity index (χ2v) is 5.10. The lowest BCUT2D eigenvalue weighted by atomic mass is 10.3. The van der Waals surface area contributed by atoms with Crippen LogP contribution in [0.25, 0.3) is 0 Å². The lowest BCUT2D eigenvalue weighted by Gasteiger charge is -2.21. The number of nitrogens with one attached hydrogen (secondary N) is 1. The van der Waals surface area contributed by atoms with E-state index in [1.165, 1.54) is 25.0 Å². The van der Waals surface area contributed by atoms with E-state index in [0.29, 0.717) is 0 Å². The van der Waals surface area contributed by atoms with E-state index in [0.717, 1.165) is 30.4 Å². The molecule has 0 aromatic heterocycles. The van der Waals surface area contributed by atoms with E-state index < -0.39 is 0 Å². The number of para-hydroxylation sites is 1. The zero-order chi connectivity index (χ0) is 14.5. The summed E-state index contributed by atoms with van der Waals surface area (Å²) in [6.07, 6.45) is 2.33. The third kappa shape index (κ3) is 3.60. The molecule has 3 rings (SSSR count). The second kappa shape index (κ2) is 6.39. The lowest BCUT2D eigenvalue weighted by Crippen LogP contribution is -2.33. The first-order valence-corrected chi connectivity index (χ1v) is 7.22. The molecule has 108 valence electrons. The molecule has 0 bridgehead atoms. The molecule has 3 nitrogen and oxygen atoms in total. The minimum absolute atomic E-state index is 0.250. The van der Waals surface area contributed by atoms with Crippen LogP contribution in [0, 0.1) is 5.82 Å². The Bertz CT molecular complexity index is 619. The van der Waals surface area contributed by atoms with Crippen molar-refractivity contribution in [2.75, 3.05) is 18.4 Å². The third-order valence-electron chi connectivity index (χ3n) is 3.48. The molecule has 1 aliphatic heterocycles. The van der Waals surface area contributed by atoms with Gasteiger partial charge in [0.1, 0.15) is 5.82 Å². The van der Waals surface area contributed by atoms with E-state index >= 15 is 0 Å². The van der Waals surface area contributed by atoms with E-state index in [1.54, 1.807) is 6.07 Å². The molecule has 2 aromatic carbocycles. The minimum Gasteiger partial charge on any atom is -0.342 e. The minimum atomic E-state index is -0.250. The average Bonchev–Trinajstić information content (AvgIpc) is 3.02. The first-order valence-electron chi connectivity index (χ1n) is 7.22. The van der Waals surface area contributed by atoms with Crippen LogP contribution >= 0.6 is 0 Å². The van der Waals surface area contributed by atoms with E-state index in [1.807, 2.05) is 36.4 Å². The van der Waals surface area contributed by atoms with Crippen molar-refractivity contribution in [3.63, 3.8) is 0 Å². The summed E-state index contributed by atoms with van der Waals surface area (Å²) in [6, 6.07) is 16.3. The molecule has 4 heteroatoms. The zero-order valence-corrected chi connectivity index (χ0v) is 11.8. The Hall–Kier alpha value is -2.36. The first kappa shape index (κ1) is 13.6. The summed E-state index contributed by atoms with van der Waals surface area (Å²) < 4.78 is 13.3. The van der Waals surface area contributed by atoms with Crippen LogP contribution in [0.1, 0.15) is 12.8 Å². The van der Waals surface area contributed by atoms with Gasteiger partial charge < -0.3 is 10.2 Å². The number of rotatable bonds is 2. The maximum atomic E-state index is 13.3. The van der Waals surface area contributed by atoms with Crippen LogP contribution in [0.2, 0.25) is 0 Å². The SMILES string of the molecule is Fc1cccc(NC(=Nc2ccccc2)N2CCCC2)c1. The number of hydrogen-bond acceptors (Lipinski definition) is 1. The van der Waals surface area contributed by atoms with Crippen LogP contribution in [0.5, 0.6) is 0 Å². The molecule has 0 radical (unpaired) electrons. The highest BCUT2D eigenvalue weighted by Crippen LogP contribution is 2.17. The highest BCUT2D eigenvalue weighted by Gasteiger charge is 2.16. The number of benzene rings is 2. The van der Waals surface area contributed by atoms with Gasteiger partial charge in [0.2, 0.25) is 5.96 Å². The Morgan fingerprint density at radius 3 is 2.48 bits per heavy atom. The third-order valence-corrected chi connectivity index (χ3v) is 3.48. The van der Waals surface area contributed by atoms with Gasteiger partial charge in [0.05, 0.1) is 5.69 Å². The van der Waals surface area contributed by atoms with Crippen molar-refractivity contribution >= 4 is 17.3 Å². The second-order valence-electron chi connectivity index (χ2n) is 5.10. The molecule has 2 aromatic rings. The molecule has 0 saturated carbocycles. The van der Waals surface area contributed by atoms with Gasteiger partial charge in [-0.2, -0.15) is 0 Å². The molecule has 0 atom stereocenters. The quantitative estimate of drug-likeness (QED) is 0.666. The molecule has 0 spiro atoms. The highest BCUT2D eigenvalue weighted by molar-refractivity contribution is 5.95. The molecule has 0 unspecified atom stereocenters. The largest absolute Gasteiger partial charge is 0.342 e. The first-order chi connectivity index (χ1) is 10.3. The van der Waals surface area contributed by atoms with Crippen LogP contribution in [0.3, 0.4) is 0 Å². The zero-order valence-electron chi connectivity index (χ0n) is 11.8.